The molecule has 4 rings (SSSR count). The Bertz CT molecular complexity index is 828. The number of nitriles is 1. The van der Waals surface area contributed by atoms with E-state index in [2.05, 4.69) is 44.9 Å². The quantitative estimate of drug-likeness (QED) is 0.787. The molecule has 1 unspecified atom stereocenters. The van der Waals surface area contributed by atoms with Crippen LogP contribution in [0.3, 0.4) is 0 Å². The van der Waals surface area contributed by atoms with Crippen LogP contribution in [0.4, 0.5) is 11.8 Å². The van der Waals surface area contributed by atoms with E-state index in [4.69, 9.17) is 15.0 Å². The molecule has 2 saturated heterocycles. The first-order valence-electron chi connectivity index (χ1n) is 9.83. The number of rotatable bonds is 5. The Morgan fingerprint density at radius 3 is 2.71 bits per heavy atom. The summed E-state index contributed by atoms with van der Waals surface area (Å²) in [4.78, 5) is 16.2. The van der Waals surface area contributed by atoms with Crippen LogP contribution in [-0.4, -0.2) is 67.4 Å². The number of likely N-dealkylation sites (tertiary alicyclic amines) is 1. The van der Waals surface area contributed by atoms with Crippen LogP contribution in [0.2, 0.25) is 0 Å². The van der Waals surface area contributed by atoms with Crippen LogP contribution in [-0.2, 0) is 11.3 Å². The zero-order valence-corrected chi connectivity index (χ0v) is 16.3. The van der Waals surface area contributed by atoms with Gasteiger partial charge in [-0.1, -0.05) is 12.1 Å². The van der Waals surface area contributed by atoms with E-state index in [1.54, 1.807) is 0 Å². The summed E-state index contributed by atoms with van der Waals surface area (Å²) in [6, 6.07) is 12.5. The molecule has 0 N–H and O–H groups in total. The molecule has 0 bridgehead atoms. The lowest BCUT2D eigenvalue weighted by molar-refractivity contribution is 0.122. The molecule has 7 nitrogen and oxygen atoms in total. The molecule has 2 aromatic rings. The summed E-state index contributed by atoms with van der Waals surface area (Å²) in [5, 5.41) is 8.93. The average molecular weight is 378 g/mol. The molecule has 2 aliphatic rings. The fourth-order valence-electron chi connectivity index (χ4n) is 3.85. The number of nitrogens with zero attached hydrogens (tertiary/aromatic N) is 6. The van der Waals surface area contributed by atoms with Crippen molar-refractivity contribution in [3.63, 3.8) is 0 Å². The van der Waals surface area contributed by atoms with E-state index in [0.29, 0.717) is 11.6 Å². The summed E-state index contributed by atoms with van der Waals surface area (Å²) in [7, 11) is 2.13. The number of aromatic nitrogens is 2. The molecule has 0 spiro atoms. The molecule has 1 atom stereocenters. The number of ether oxygens (including phenoxy) is 1. The van der Waals surface area contributed by atoms with E-state index in [1.807, 2.05) is 24.4 Å². The Morgan fingerprint density at radius 1 is 1.18 bits per heavy atom. The van der Waals surface area contributed by atoms with Crippen LogP contribution < -0.4 is 9.80 Å². The third kappa shape index (κ3) is 4.24. The monoisotopic (exact) mass is 378 g/mol. The molecule has 0 radical (unpaired) electrons. The van der Waals surface area contributed by atoms with E-state index in [0.717, 1.165) is 64.1 Å². The summed E-state index contributed by atoms with van der Waals surface area (Å²) < 4.78 is 5.42. The Morgan fingerprint density at radius 2 is 1.96 bits per heavy atom. The average Bonchev–Trinajstić information content (AvgIpc) is 3.23. The zero-order valence-electron chi connectivity index (χ0n) is 16.3. The lowest BCUT2D eigenvalue weighted by Crippen LogP contribution is -2.38. The maximum Gasteiger partial charge on any atom is 0.227 e. The normalized spacial score (nSPS) is 20.1. The minimum Gasteiger partial charge on any atom is -0.378 e. The highest BCUT2D eigenvalue weighted by atomic mass is 16.5. The van der Waals surface area contributed by atoms with E-state index < -0.39 is 0 Å². The van der Waals surface area contributed by atoms with Crippen molar-refractivity contribution in [2.75, 3.05) is 56.2 Å². The van der Waals surface area contributed by atoms with Crippen molar-refractivity contribution in [1.29, 1.82) is 5.26 Å². The predicted octanol–water partition coefficient (Wildman–Crippen LogP) is 1.90. The second kappa shape index (κ2) is 8.55. The van der Waals surface area contributed by atoms with Crippen LogP contribution in [0.1, 0.15) is 17.5 Å². The first-order chi connectivity index (χ1) is 13.7. The van der Waals surface area contributed by atoms with Crippen LogP contribution in [0.5, 0.6) is 0 Å². The minimum absolute atomic E-state index is 0.436. The molecule has 28 heavy (non-hydrogen) atoms. The molecule has 7 heteroatoms. The largest absolute Gasteiger partial charge is 0.378 e. The van der Waals surface area contributed by atoms with Gasteiger partial charge in [0.15, 0.2) is 0 Å². The molecular weight excluding hydrogens is 352 g/mol. The summed E-state index contributed by atoms with van der Waals surface area (Å²) in [5.74, 6) is 1.77. The third-order valence-corrected chi connectivity index (χ3v) is 5.57. The van der Waals surface area contributed by atoms with E-state index in [1.165, 1.54) is 5.56 Å². The number of morpholine rings is 1. The minimum atomic E-state index is 0.436. The summed E-state index contributed by atoms with van der Waals surface area (Å²) in [5.41, 5.74) is 1.96. The molecule has 1 aromatic heterocycles. The van der Waals surface area contributed by atoms with Gasteiger partial charge in [0, 0.05) is 52.0 Å². The highest BCUT2D eigenvalue weighted by Crippen LogP contribution is 2.23. The van der Waals surface area contributed by atoms with Crippen LogP contribution >= 0.6 is 0 Å². The second-order valence-corrected chi connectivity index (χ2v) is 7.41. The topological polar surface area (TPSA) is 68.5 Å². The van der Waals surface area contributed by atoms with Gasteiger partial charge in [0.1, 0.15) is 5.82 Å². The summed E-state index contributed by atoms with van der Waals surface area (Å²) >= 11 is 0. The van der Waals surface area contributed by atoms with Gasteiger partial charge in [0.25, 0.3) is 0 Å². The molecule has 0 saturated carbocycles. The lowest BCUT2D eigenvalue weighted by atomic mass is 10.1. The van der Waals surface area contributed by atoms with Crippen LogP contribution in [0, 0.1) is 11.3 Å². The van der Waals surface area contributed by atoms with Gasteiger partial charge in [-0.2, -0.15) is 10.2 Å². The van der Waals surface area contributed by atoms with Crippen molar-refractivity contribution in [3.05, 3.63) is 47.7 Å². The molecule has 0 amide bonds. The van der Waals surface area contributed by atoms with Crippen LogP contribution in [0.25, 0.3) is 0 Å². The Balaban J connectivity index is 1.37. The lowest BCUT2D eigenvalue weighted by Gasteiger charge is -2.29. The standard InChI is InChI=1S/C21H26N6O/c1-25(20-6-8-23-21(24-20)27-10-12-28-13-11-27)19-7-9-26(16-19)15-18-4-2-17(14-22)3-5-18/h2-6,8,19H,7,9-13,15-16H2,1H3. The summed E-state index contributed by atoms with van der Waals surface area (Å²) in [6.07, 6.45) is 2.97. The number of hydrogen-bond donors (Lipinski definition) is 0. The predicted molar refractivity (Wildman–Crippen MR) is 108 cm³/mol. The van der Waals surface area contributed by atoms with Crippen molar-refractivity contribution in [2.45, 2.75) is 19.0 Å². The highest BCUT2D eigenvalue weighted by molar-refractivity contribution is 5.44. The van der Waals surface area contributed by atoms with Gasteiger partial charge in [-0.05, 0) is 30.2 Å². The first-order valence-corrected chi connectivity index (χ1v) is 9.83. The Labute approximate surface area is 166 Å². The fraction of sp³-hybridized carbons (Fsp3) is 0.476. The van der Waals surface area contributed by atoms with Gasteiger partial charge in [0.05, 0.1) is 24.8 Å². The molecule has 146 valence electrons. The van der Waals surface area contributed by atoms with Gasteiger partial charge in [-0.25, -0.2) is 4.98 Å². The van der Waals surface area contributed by atoms with Crippen molar-refractivity contribution in [3.8, 4) is 6.07 Å². The molecular formula is C21H26N6O. The van der Waals surface area contributed by atoms with Gasteiger partial charge in [-0.3, -0.25) is 4.90 Å². The second-order valence-electron chi connectivity index (χ2n) is 7.41. The van der Waals surface area contributed by atoms with E-state index in [9.17, 15) is 0 Å². The number of anilines is 2. The van der Waals surface area contributed by atoms with Crippen molar-refractivity contribution >= 4 is 11.8 Å². The SMILES string of the molecule is CN(c1ccnc(N2CCOCC2)n1)C1CCN(Cc2ccc(C#N)cc2)C1. The van der Waals surface area contributed by atoms with Crippen molar-refractivity contribution in [1.82, 2.24) is 14.9 Å². The fourth-order valence-corrected chi connectivity index (χ4v) is 3.85. The molecule has 3 heterocycles. The number of hydrogen-bond acceptors (Lipinski definition) is 7. The highest BCUT2D eigenvalue weighted by Gasteiger charge is 2.27. The van der Waals surface area contributed by atoms with E-state index in [-0.39, 0.29) is 0 Å². The zero-order chi connectivity index (χ0) is 19.3. The Hall–Kier alpha value is -2.69. The smallest absolute Gasteiger partial charge is 0.227 e. The molecule has 0 aliphatic carbocycles. The molecule has 2 fully saturated rings. The van der Waals surface area contributed by atoms with Gasteiger partial charge >= 0.3 is 0 Å². The molecule has 2 aliphatic heterocycles. The number of benzene rings is 1. The maximum absolute atomic E-state index is 8.93. The van der Waals surface area contributed by atoms with E-state index >= 15 is 0 Å². The maximum atomic E-state index is 8.93. The van der Waals surface area contributed by atoms with Crippen molar-refractivity contribution < 1.29 is 4.74 Å². The van der Waals surface area contributed by atoms with Gasteiger partial charge in [0.2, 0.25) is 5.95 Å². The van der Waals surface area contributed by atoms with Gasteiger partial charge < -0.3 is 14.5 Å². The first kappa shape index (κ1) is 18.7. The molecule has 1 aromatic carbocycles. The summed E-state index contributed by atoms with van der Waals surface area (Å²) in [6.45, 7) is 6.14. The third-order valence-electron chi connectivity index (χ3n) is 5.57. The Kier molecular flexibility index (Phi) is 5.70. The van der Waals surface area contributed by atoms with Crippen molar-refractivity contribution in [2.24, 2.45) is 0 Å². The van der Waals surface area contributed by atoms with Crippen LogP contribution in [0.15, 0.2) is 36.5 Å². The number of likely N-dealkylation sites (N-methyl/N-ethyl adjacent to an activating group) is 1. The van der Waals surface area contributed by atoms with Gasteiger partial charge in [-0.15, -0.1) is 0 Å².